The standard InChI is InChI=1S/C24H26N2O2/c1-19-9-11-20(12-10-19)18-25-15-13-22(14-16-25)26(21-6-3-2-4-7-21)24(27)23-8-5-17-28-23/h2-12,17,22H,13-16,18H2,1H3. The summed E-state index contributed by atoms with van der Waals surface area (Å²) in [6.45, 7) is 5.04. The monoisotopic (exact) mass is 374 g/mol. The second kappa shape index (κ2) is 8.44. The molecule has 28 heavy (non-hydrogen) atoms. The lowest BCUT2D eigenvalue weighted by atomic mass is 10.0. The van der Waals surface area contributed by atoms with Gasteiger partial charge >= 0.3 is 0 Å². The summed E-state index contributed by atoms with van der Waals surface area (Å²) < 4.78 is 5.40. The van der Waals surface area contributed by atoms with E-state index in [9.17, 15) is 4.79 Å². The average Bonchev–Trinajstić information content (AvgIpc) is 3.27. The highest BCUT2D eigenvalue weighted by Crippen LogP contribution is 2.26. The summed E-state index contributed by atoms with van der Waals surface area (Å²) in [4.78, 5) is 17.5. The van der Waals surface area contributed by atoms with E-state index in [1.165, 1.54) is 11.1 Å². The average molecular weight is 374 g/mol. The Morgan fingerprint density at radius 1 is 1.00 bits per heavy atom. The predicted molar refractivity (Wildman–Crippen MR) is 111 cm³/mol. The molecule has 2 aromatic carbocycles. The van der Waals surface area contributed by atoms with Gasteiger partial charge in [0.05, 0.1) is 6.26 Å². The third-order valence-corrected chi connectivity index (χ3v) is 5.43. The molecule has 1 aliphatic heterocycles. The first-order chi connectivity index (χ1) is 13.7. The number of amides is 1. The number of benzene rings is 2. The minimum atomic E-state index is -0.0619. The molecule has 4 heteroatoms. The zero-order valence-electron chi connectivity index (χ0n) is 16.3. The van der Waals surface area contributed by atoms with Crippen molar-refractivity contribution in [1.29, 1.82) is 0 Å². The zero-order chi connectivity index (χ0) is 19.3. The van der Waals surface area contributed by atoms with E-state index >= 15 is 0 Å². The number of para-hydroxylation sites is 1. The Labute approximate surface area is 166 Å². The van der Waals surface area contributed by atoms with Crippen LogP contribution in [0.1, 0.15) is 34.5 Å². The van der Waals surface area contributed by atoms with Crippen LogP contribution in [0, 0.1) is 6.92 Å². The largest absolute Gasteiger partial charge is 0.459 e. The van der Waals surface area contributed by atoms with E-state index < -0.39 is 0 Å². The number of rotatable bonds is 5. The second-order valence-corrected chi connectivity index (χ2v) is 7.48. The van der Waals surface area contributed by atoms with Crippen molar-refractivity contribution in [2.24, 2.45) is 0 Å². The Hall–Kier alpha value is -2.85. The van der Waals surface area contributed by atoms with Crippen LogP contribution in [0.2, 0.25) is 0 Å². The van der Waals surface area contributed by atoms with Gasteiger partial charge in [-0.25, -0.2) is 0 Å². The van der Waals surface area contributed by atoms with Gasteiger partial charge in [0, 0.05) is 31.4 Å². The highest BCUT2D eigenvalue weighted by atomic mass is 16.3. The molecule has 1 amide bonds. The topological polar surface area (TPSA) is 36.7 Å². The molecule has 4 rings (SSSR count). The molecule has 1 fully saturated rings. The second-order valence-electron chi connectivity index (χ2n) is 7.48. The fourth-order valence-corrected chi connectivity index (χ4v) is 3.89. The van der Waals surface area contributed by atoms with Crippen LogP contribution in [0.5, 0.6) is 0 Å². The molecule has 0 radical (unpaired) electrons. The summed E-state index contributed by atoms with van der Waals surface area (Å²) >= 11 is 0. The predicted octanol–water partition coefficient (Wildman–Crippen LogP) is 4.90. The summed E-state index contributed by atoms with van der Waals surface area (Å²) in [6, 6.07) is 22.4. The molecule has 1 aromatic heterocycles. The Morgan fingerprint density at radius 2 is 1.71 bits per heavy atom. The molecule has 0 spiro atoms. The summed E-state index contributed by atoms with van der Waals surface area (Å²) in [5, 5.41) is 0. The Bertz CT molecular complexity index is 880. The lowest BCUT2D eigenvalue weighted by molar-refractivity contribution is 0.0932. The zero-order valence-corrected chi connectivity index (χ0v) is 16.3. The summed E-state index contributed by atoms with van der Waals surface area (Å²) in [7, 11) is 0. The molecule has 144 valence electrons. The van der Waals surface area contributed by atoms with Crippen LogP contribution in [-0.2, 0) is 6.54 Å². The molecule has 0 unspecified atom stereocenters. The smallest absolute Gasteiger partial charge is 0.294 e. The first kappa shape index (κ1) is 18.5. The number of anilines is 1. The van der Waals surface area contributed by atoms with Crippen LogP contribution >= 0.6 is 0 Å². The van der Waals surface area contributed by atoms with Crippen molar-refractivity contribution >= 4 is 11.6 Å². The highest BCUT2D eigenvalue weighted by molar-refractivity contribution is 6.04. The third kappa shape index (κ3) is 4.18. The Kier molecular flexibility index (Phi) is 5.58. The van der Waals surface area contributed by atoms with Gasteiger partial charge < -0.3 is 9.32 Å². The van der Waals surface area contributed by atoms with Gasteiger partial charge in [-0.15, -0.1) is 0 Å². The highest BCUT2D eigenvalue weighted by Gasteiger charge is 2.30. The van der Waals surface area contributed by atoms with Gasteiger partial charge in [0.15, 0.2) is 5.76 Å². The molecule has 0 saturated carbocycles. The van der Waals surface area contributed by atoms with Crippen LogP contribution in [0.25, 0.3) is 0 Å². The van der Waals surface area contributed by atoms with E-state index in [2.05, 4.69) is 36.1 Å². The van der Waals surface area contributed by atoms with E-state index in [4.69, 9.17) is 4.42 Å². The molecule has 3 aromatic rings. The van der Waals surface area contributed by atoms with Gasteiger partial charge in [-0.05, 0) is 49.6 Å². The molecule has 0 atom stereocenters. The van der Waals surface area contributed by atoms with E-state index in [0.717, 1.165) is 38.2 Å². The number of furan rings is 1. The maximum atomic E-state index is 13.1. The third-order valence-electron chi connectivity index (χ3n) is 5.43. The molecule has 0 bridgehead atoms. The molecule has 1 saturated heterocycles. The molecule has 4 nitrogen and oxygen atoms in total. The van der Waals surface area contributed by atoms with Crippen LogP contribution in [-0.4, -0.2) is 29.9 Å². The van der Waals surface area contributed by atoms with Gasteiger partial charge in [-0.2, -0.15) is 0 Å². The van der Waals surface area contributed by atoms with Crippen molar-refractivity contribution in [3.05, 3.63) is 89.9 Å². The first-order valence-electron chi connectivity index (χ1n) is 9.91. The number of piperidine rings is 1. The number of hydrogen-bond acceptors (Lipinski definition) is 3. The number of nitrogens with zero attached hydrogens (tertiary/aromatic N) is 2. The van der Waals surface area contributed by atoms with E-state index in [1.54, 1.807) is 18.4 Å². The first-order valence-corrected chi connectivity index (χ1v) is 9.91. The molecule has 0 N–H and O–H groups in total. The molecule has 1 aliphatic rings. The number of aryl methyl sites for hydroxylation is 1. The fraction of sp³-hybridized carbons (Fsp3) is 0.292. The van der Waals surface area contributed by atoms with Gasteiger partial charge in [-0.3, -0.25) is 9.69 Å². The van der Waals surface area contributed by atoms with Crippen molar-refractivity contribution in [2.75, 3.05) is 18.0 Å². The molecular formula is C24H26N2O2. The number of carbonyl (C=O) groups is 1. The van der Waals surface area contributed by atoms with Crippen molar-refractivity contribution in [1.82, 2.24) is 4.90 Å². The van der Waals surface area contributed by atoms with E-state index in [0.29, 0.717) is 5.76 Å². The minimum Gasteiger partial charge on any atom is -0.459 e. The van der Waals surface area contributed by atoms with Crippen LogP contribution in [0.15, 0.2) is 77.4 Å². The van der Waals surface area contributed by atoms with E-state index in [1.807, 2.05) is 35.2 Å². The van der Waals surface area contributed by atoms with Gasteiger partial charge in [-0.1, -0.05) is 48.0 Å². The fourth-order valence-electron chi connectivity index (χ4n) is 3.89. The summed E-state index contributed by atoms with van der Waals surface area (Å²) in [5.74, 6) is 0.333. The molecule has 0 aliphatic carbocycles. The lowest BCUT2D eigenvalue weighted by Gasteiger charge is -2.38. The maximum absolute atomic E-state index is 13.1. The van der Waals surface area contributed by atoms with Gasteiger partial charge in [0.2, 0.25) is 0 Å². The van der Waals surface area contributed by atoms with Crippen molar-refractivity contribution < 1.29 is 9.21 Å². The van der Waals surface area contributed by atoms with Gasteiger partial charge in [0.25, 0.3) is 5.91 Å². The SMILES string of the molecule is Cc1ccc(CN2CCC(N(C(=O)c3ccco3)c3ccccc3)CC2)cc1. The summed E-state index contributed by atoms with van der Waals surface area (Å²) in [5.41, 5.74) is 3.56. The van der Waals surface area contributed by atoms with Crippen molar-refractivity contribution in [3.8, 4) is 0 Å². The number of carbonyl (C=O) groups excluding carboxylic acids is 1. The van der Waals surface area contributed by atoms with Crippen LogP contribution in [0.4, 0.5) is 5.69 Å². The minimum absolute atomic E-state index is 0.0619. The quantitative estimate of drug-likeness (QED) is 0.637. The maximum Gasteiger partial charge on any atom is 0.294 e. The van der Waals surface area contributed by atoms with Crippen LogP contribution in [0.3, 0.4) is 0 Å². The Morgan fingerprint density at radius 3 is 2.36 bits per heavy atom. The van der Waals surface area contributed by atoms with E-state index in [-0.39, 0.29) is 11.9 Å². The van der Waals surface area contributed by atoms with Crippen molar-refractivity contribution in [2.45, 2.75) is 32.4 Å². The van der Waals surface area contributed by atoms with Crippen molar-refractivity contribution in [3.63, 3.8) is 0 Å². The number of hydrogen-bond donors (Lipinski definition) is 0. The molecule has 2 heterocycles. The summed E-state index contributed by atoms with van der Waals surface area (Å²) in [6.07, 6.45) is 3.46. The van der Waals surface area contributed by atoms with Gasteiger partial charge in [0.1, 0.15) is 0 Å². The normalized spacial score (nSPS) is 15.5. The van der Waals surface area contributed by atoms with Crippen LogP contribution < -0.4 is 4.90 Å². The molecular weight excluding hydrogens is 348 g/mol. The Balaban J connectivity index is 1.46. The lowest BCUT2D eigenvalue weighted by Crippen LogP contribution is -2.47. The number of likely N-dealkylation sites (tertiary alicyclic amines) is 1.